The van der Waals surface area contributed by atoms with E-state index in [0.29, 0.717) is 42.0 Å². The molecule has 2 unspecified atom stereocenters. The Morgan fingerprint density at radius 1 is 0.477 bits per heavy atom. The van der Waals surface area contributed by atoms with E-state index in [0.717, 1.165) is 51.5 Å². The number of carboxylic acids is 1. The third-order valence-electron chi connectivity index (χ3n) is 20.0. The Kier molecular flexibility index (Phi) is 23.7. The van der Waals surface area contributed by atoms with Crippen LogP contribution < -0.4 is 18.9 Å². The predicted octanol–water partition coefficient (Wildman–Crippen LogP) is 14.1. The summed E-state index contributed by atoms with van der Waals surface area (Å²) in [5.74, 6) is -6.84. The van der Waals surface area contributed by atoms with Gasteiger partial charge in [0.05, 0.1) is 132 Å². The molecule has 0 bridgehead atoms. The molecule has 0 spiro atoms. The molecule has 578 valence electrons. The zero-order valence-corrected chi connectivity index (χ0v) is 62.8. The number of esters is 2. The number of alkyl halides is 9. The van der Waals surface area contributed by atoms with Gasteiger partial charge in [0.1, 0.15) is 34.5 Å². The van der Waals surface area contributed by atoms with Crippen LogP contribution in [0.5, 0.6) is 0 Å². The minimum atomic E-state index is -4.60. The fourth-order valence-corrected chi connectivity index (χ4v) is 18.7. The standard InChI is InChI=1S/C25H19ClF4N2O4S.C25H19ClF4N2O3S.C24H17ClF4N2O4S.Li.H2O/c1-36-23(34)13-7-8-14(17(27)12-13)20-21-18(6-3-11-37(21)35)32(31-20)22(33)19-15(4-2-5-16(19)26)24(9-10-24)25(28,29)30;1-35-23(34)13-7-8-14(17(27)12-13)20-21-18(6-3-11-36-21)32(31-20)22(33)19-15(4-2-5-16(19)26)24(9-10-24)25(28,29)30;25-15-4-1-3-14(23(8-9-23)24(27,28)29)18(15)21(32)31-17-5-2-10-36(35)20(17)19(30-31)13-7-6-12(22(33)34)11-16(13)26;;/h2,4-5,7-8,12H,3,6,9-11H2,1H3;2,4-5,7-8,12H,3,6,9-11H2,1H3;1,3-4,6-7,11H,2,5,8-10H2,(H,33,34);;1H2/q;;;+1;/p-1. The van der Waals surface area contributed by atoms with Crippen molar-refractivity contribution in [3.8, 4) is 33.8 Å². The predicted molar refractivity (Wildman–Crippen MR) is 377 cm³/mol. The topological polar surface area (TPSA) is 259 Å². The third kappa shape index (κ3) is 15.0. The summed E-state index contributed by atoms with van der Waals surface area (Å²) in [6.45, 7) is 0. The van der Waals surface area contributed by atoms with Gasteiger partial charge >= 0.3 is 55.3 Å². The number of hydrogen-bond acceptors (Lipinski definition) is 15. The van der Waals surface area contributed by atoms with Crippen LogP contribution in [-0.4, -0.2) is 134 Å². The average Bonchev–Trinajstić information content (AvgIpc) is 1.57. The summed E-state index contributed by atoms with van der Waals surface area (Å²) < 4.78 is 209. The number of rotatable bonds is 12. The number of carbonyl (C=O) groups is 6. The van der Waals surface area contributed by atoms with Gasteiger partial charge in [-0.05, 0) is 172 Å². The Morgan fingerprint density at radius 2 is 0.793 bits per heavy atom. The second kappa shape index (κ2) is 31.5. The number of halogens is 15. The van der Waals surface area contributed by atoms with Crippen molar-refractivity contribution in [3.05, 3.63) is 209 Å². The minimum absolute atomic E-state index is 0. The molecule has 6 heterocycles. The smallest absolute Gasteiger partial charge is 0.870 e. The van der Waals surface area contributed by atoms with Crippen LogP contribution in [0.2, 0.25) is 15.1 Å². The third-order valence-corrected chi connectivity index (χ3v) is 25.2. The molecule has 2 atom stereocenters. The van der Waals surface area contributed by atoms with Crippen molar-refractivity contribution in [3.63, 3.8) is 0 Å². The summed E-state index contributed by atoms with van der Waals surface area (Å²) in [7, 11) is -0.973. The zero-order valence-electron chi connectivity index (χ0n) is 58.1. The van der Waals surface area contributed by atoms with Crippen molar-refractivity contribution in [2.45, 2.75) is 127 Å². The van der Waals surface area contributed by atoms with E-state index in [1.54, 1.807) is 0 Å². The van der Waals surface area contributed by atoms with Crippen molar-refractivity contribution in [2.24, 2.45) is 0 Å². The number of fused-ring (bicyclic) bond motifs is 3. The Balaban J connectivity index is 0.000000163. The van der Waals surface area contributed by atoms with Gasteiger partial charge in [0.15, 0.2) is 0 Å². The molecule has 6 aromatic carbocycles. The molecule has 0 amide bonds. The number of carbonyl (C=O) groups excluding carboxylic acids is 5. The van der Waals surface area contributed by atoms with Crippen LogP contribution >= 0.6 is 46.6 Å². The van der Waals surface area contributed by atoms with E-state index in [1.807, 2.05) is 0 Å². The quantitative estimate of drug-likeness (QED) is 0.0677. The fourth-order valence-electron chi connectivity index (χ4n) is 14.0. The van der Waals surface area contributed by atoms with Gasteiger partial charge in [-0.3, -0.25) is 22.8 Å². The van der Waals surface area contributed by atoms with E-state index in [-0.39, 0.29) is 207 Å². The number of aromatic carboxylic acids is 1. The number of thioether (sulfide) groups is 1. The molecule has 3 fully saturated rings. The second-order valence-corrected chi connectivity index (χ2v) is 31.7. The molecular formula is C74H56Cl3F12LiN6O12S3. The molecule has 2 N–H and O–H groups in total. The van der Waals surface area contributed by atoms with Gasteiger partial charge in [0.2, 0.25) is 0 Å². The summed E-state index contributed by atoms with van der Waals surface area (Å²) >= 11 is 20.3. The SMILES string of the molecule is COC(=O)c1ccc(-c2nn(C(=O)c3c(Cl)cccc3C3(C(F)(F)F)CC3)c3c2S(=O)CCC3)c(F)c1.COC(=O)c1ccc(-c2nn(C(=O)c3c(Cl)cccc3C3(C(F)(F)F)CC3)c3c2SCCC3)c(F)c1.O=C(O)c1ccc(-c2nn(C(=O)c3c(Cl)cccc3C3(C(F)(F)F)CC3)c3c2S(=O)CCC3)c(F)c1.[Li+].[OH-]. The summed E-state index contributed by atoms with van der Waals surface area (Å²) in [5, 5.41) is 21.5. The molecule has 0 saturated heterocycles. The molecule has 9 aromatic rings. The van der Waals surface area contributed by atoms with Crippen molar-refractivity contribution in [2.75, 3.05) is 31.5 Å². The summed E-state index contributed by atoms with van der Waals surface area (Å²) in [6, 6.07) is 22.2. The van der Waals surface area contributed by atoms with Gasteiger partial charge in [-0.1, -0.05) is 71.2 Å². The van der Waals surface area contributed by atoms with Crippen LogP contribution in [0.1, 0.15) is 154 Å². The van der Waals surface area contributed by atoms with Gasteiger partial charge in [-0.2, -0.15) is 68.9 Å². The van der Waals surface area contributed by atoms with Crippen LogP contribution in [0.25, 0.3) is 33.8 Å². The van der Waals surface area contributed by atoms with E-state index >= 15 is 8.78 Å². The average molecular weight is 1660 g/mol. The maximum absolute atomic E-state index is 15.1. The van der Waals surface area contributed by atoms with Crippen LogP contribution in [0.3, 0.4) is 0 Å². The normalized spacial score (nSPS) is 17.4. The Labute approximate surface area is 658 Å². The monoisotopic (exact) mass is 1660 g/mol. The molecule has 3 aliphatic carbocycles. The molecule has 37 heteroatoms. The first kappa shape index (κ1) is 83.5. The van der Waals surface area contributed by atoms with Crippen LogP contribution in [0.4, 0.5) is 52.7 Å². The molecule has 0 radical (unpaired) electrons. The molecule has 3 aromatic heterocycles. The number of nitrogens with zero attached hydrogens (tertiary/aromatic N) is 6. The summed E-state index contributed by atoms with van der Waals surface area (Å²) in [5.41, 5.74) is -7.81. The second-order valence-electron chi connectivity index (χ2n) is 26.4. The van der Waals surface area contributed by atoms with E-state index < -0.39 is 109 Å². The number of benzene rings is 6. The number of aromatic nitrogens is 6. The minimum Gasteiger partial charge on any atom is -0.870 e. The Hall–Kier alpha value is -8.39. The van der Waals surface area contributed by atoms with E-state index in [1.165, 1.54) is 97.7 Å². The molecule has 15 rings (SSSR count). The number of methoxy groups -OCH3 is 2. The molecule has 3 aliphatic heterocycles. The van der Waals surface area contributed by atoms with Crippen LogP contribution in [0, 0.1) is 17.5 Å². The molecule has 18 nitrogen and oxygen atoms in total. The largest absolute Gasteiger partial charge is 1.00 e. The maximum atomic E-state index is 15.1. The van der Waals surface area contributed by atoms with Gasteiger partial charge in [0, 0.05) is 28.2 Å². The van der Waals surface area contributed by atoms with Gasteiger partial charge in [0.25, 0.3) is 17.7 Å². The molecular weight excluding hydrogens is 1600 g/mol. The van der Waals surface area contributed by atoms with Crippen LogP contribution in [0.15, 0.2) is 124 Å². The number of ether oxygens (including phenoxy) is 2. The van der Waals surface area contributed by atoms with Crippen molar-refractivity contribution in [1.82, 2.24) is 29.3 Å². The van der Waals surface area contributed by atoms with Crippen LogP contribution in [-0.2, 0) is 66.6 Å². The molecule has 111 heavy (non-hydrogen) atoms. The van der Waals surface area contributed by atoms with E-state index in [9.17, 15) is 81.1 Å². The van der Waals surface area contributed by atoms with E-state index in [4.69, 9.17) is 39.9 Å². The Bertz CT molecular complexity index is 5390. The van der Waals surface area contributed by atoms with Gasteiger partial charge in [-0.15, -0.1) is 11.8 Å². The van der Waals surface area contributed by atoms with E-state index in [2.05, 4.69) is 24.8 Å². The van der Waals surface area contributed by atoms with Crippen molar-refractivity contribution >= 4 is 104 Å². The van der Waals surface area contributed by atoms with Gasteiger partial charge in [-0.25, -0.2) is 27.6 Å². The zero-order chi connectivity index (χ0) is 78.5. The van der Waals surface area contributed by atoms with Gasteiger partial charge < -0.3 is 20.1 Å². The number of hydrogen-bond donors (Lipinski definition) is 1. The number of carboxylic acid groups (broad SMARTS) is 1. The maximum Gasteiger partial charge on any atom is 1.00 e. The first-order chi connectivity index (χ1) is 51.5. The first-order valence-corrected chi connectivity index (χ1v) is 38.1. The molecule has 3 saturated carbocycles. The summed E-state index contributed by atoms with van der Waals surface area (Å²) in [4.78, 5) is 76.8. The first-order valence-electron chi connectivity index (χ1n) is 33.3. The molecule has 6 aliphatic rings. The fraction of sp³-hybridized carbons (Fsp3) is 0.311. The van der Waals surface area contributed by atoms with Crippen molar-refractivity contribution < 1.29 is 129 Å². The summed E-state index contributed by atoms with van der Waals surface area (Å²) in [6.07, 6.45) is -12.2. The Morgan fingerprint density at radius 3 is 1.12 bits per heavy atom. The van der Waals surface area contributed by atoms with Crippen molar-refractivity contribution in [1.29, 1.82) is 0 Å².